The third-order valence-electron chi connectivity index (χ3n) is 3.33. The van der Waals surface area contributed by atoms with Gasteiger partial charge in [-0.1, -0.05) is 24.8 Å². The van der Waals surface area contributed by atoms with Crippen LogP contribution in [0.4, 0.5) is 4.39 Å². The number of amides is 1. The molecule has 2 aromatic rings. The second kappa shape index (κ2) is 8.63. The van der Waals surface area contributed by atoms with Crippen LogP contribution in [0.2, 0.25) is 0 Å². The fraction of sp³-hybridized carbons (Fsp3) is 0.353. The van der Waals surface area contributed by atoms with Crippen LogP contribution in [-0.4, -0.2) is 32.5 Å². The first-order valence-corrected chi connectivity index (χ1v) is 8.69. The summed E-state index contributed by atoms with van der Waals surface area (Å²) in [5, 5.41) is 11.6. The van der Waals surface area contributed by atoms with E-state index in [2.05, 4.69) is 22.1 Å². The third-order valence-corrected chi connectivity index (χ3v) is 4.41. The van der Waals surface area contributed by atoms with Crippen molar-refractivity contribution >= 4 is 17.7 Å². The number of carbonyl (C=O) groups excluding carboxylic acids is 1. The van der Waals surface area contributed by atoms with Gasteiger partial charge in [-0.25, -0.2) is 4.39 Å². The summed E-state index contributed by atoms with van der Waals surface area (Å²) in [4.78, 5) is 12.0. The number of benzene rings is 1. The molecular weight excluding hydrogens is 327 g/mol. The van der Waals surface area contributed by atoms with Gasteiger partial charge in [0.25, 0.3) is 0 Å². The van der Waals surface area contributed by atoms with Crippen LogP contribution in [0.1, 0.15) is 20.3 Å². The van der Waals surface area contributed by atoms with Gasteiger partial charge in [0.2, 0.25) is 5.91 Å². The number of thioether (sulfide) groups is 1. The van der Waals surface area contributed by atoms with Gasteiger partial charge in [0, 0.05) is 18.7 Å². The molecule has 128 valence electrons. The molecule has 1 N–H and O–H groups in total. The van der Waals surface area contributed by atoms with E-state index in [1.807, 2.05) is 18.4 Å². The summed E-state index contributed by atoms with van der Waals surface area (Å²) in [5.41, 5.74) is 0.765. The Hall–Kier alpha value is -2.15. The smallest absolute Gasteiger partial charge is 0.233 e. The average molecular weight is 348 g/mol. The van der Waals surface area contributed by atoms with Crippen LogP contribution in [0.15, 0.2) is 42.1 Å². The van der Waals surface area contributed by atoms with Crippen molar-refractivity contribution in [2.75, 3.05) is 6.54 Å². The van der Waals surface area contributed by atoms with Crippen molar-refractivity contribution in [1.82, 2.24) is 20.1 Å². The highest BCUT2D eigenvalue weighted by Gasteiger charge is 2.20. The van der Waals surface area contributed by atoms with Gasteiger partial charge in [-0.2, -0.15) is 0 Å². The Kier molecular flexibility index (Phi) is 6.54. The zero-order valence-corrected chi connectivity index (χ0v) is 14.6. The number of halogens is 1. The van der Waals surface area contributed by atoms with E-state index in [1.165, 1.54) is 23.9 Å². The van der Waals surface area contributed by atoms with Crippen LogP contribution in [0.25, 0.3) is 11.4 Å². The van der Waals surface area contributed by atoms with E-state index in [4.69, 9.17) is 0 Å². The highest BCUT2D eigenvalue weighted by molar-refractivity contribution is 8.00. The standard InChI is InChI=1S/C17H21FN4OS/c1-4-10-19-16(23)12(3)24-17-21-20-15(22(17)11-5-2)13-6-8-14(18)9-7-13/h5-9,12H,2,4,10-11H2,1,3H3,(H,19,23)/t12-/m0/s1. The predicted molar refractivity (Wildman–Crippen MR) is 94.2 cm³/mol. The maximum Gasteiger partial charge on any atom is 0.233 e. The number of aromatic nitrogens is 3. The minimum atomic E-state index is -0.302. The fourth-order valence-electron chi connectivity index (χ4n) is 2.09. The summed E-state index contributed by atoms with van der Waals surface area (Å²) < 4.78 is 15.0. The minimum Gasteiger partial charge on any atom is -0.355 e. The molecule has 2 rings (SSSR count). The molecule has 1 aromatic heterocycles. The first-order valence-electron chi connectivity index (χ1n) is 7.81. The van der Waals surface area contributed by atoms with Gasteiger partial charge in [0.1, 0.15) is 5.82 Å². The van der Waals surface area contributed by atoms with E-state index in [1.54, 1.807) is 18.2 Å². The molecule has 1 heterocycles. The molecule has 7 heteroatoms. The maximum absolute atomic E-state index is 13.1. The molecule has 1 amide bonds. The molecule has 5 nitrogen and oxygen atoms in total. The topological polar surface area (TPSA) is 59.8 Å². The van der Waals surface area contributed by atoms with Gasteiger partial charge < -0.3 is 5.32 Å². The second-order valence-electron chi connectivity index (χ2n) is 5.26. The van der Waals surface area contributed by atoms with Crippen LogP contribution in [0.5, 0.6) is 0 Å². The van der Waals surface area contributed by atoms with Gasteiger partial charge in [-0.05, 0) is 37.6 Å². The lowest BCUT2D eigenvalue weighted by molar-refractivity contribution is -0.120. The fourth-order valence-corrected chi connectivity index (χ4v) is 2.97. The Labute approximate surface area is 145 Å². The summed E-state index contributed by atoms with van der Waals surface area (Å²) in [6.45, 7) is 8.76. The number of allylic oxidation sites excluding steroid dienone is 1. The van der Waals surface area contributed by atoms with Crippen molar-refractivity contribution in [3.8, 4) is 11.4 Å². The normalized spacial score (nSPS) is 12.0. The summed E-state index contributed by atoms with van der Waals surface area (Å²) >= 11 is 1.34. The molecule has 0 spiro atoms. The zero-order chi connectivity index (χ0) is 17.5. The van der Waals surface area contributed by atoms with Gasteiger partial charge in [0.15, 0.2) is 11.0 Å². The van der Waals surface area contributed by atoms with E-state index >= 15 is 0 Å². The van der Waals surface area contributed by atoms with Crippen LogP contribution in [0.3, 0.4) is 0 Å². The van der Waals surface area contributed by atoms with Crippen LogP contribution >= 0.6 is 11.8 Å². The number of nitrogens with one attached hydrogen (secondary N) is 1. The van der Waals surface area contributed by atoms with Crippen molar-refractivity contribution < 1.29 is 9.18 Å². The average Bonchev–Trinajstić information content (AvgIpc) is 2.96. The van der Waals surface area contributed by atoms with Crippen LogP contribution < -0.4 is 5.32 Å². The van der Waals surface area contributed by atoms with Crippen LogP contribution in [0, 0.1) is 5.82 Å². The monoisotopic (exact) mass is 348 g/mol. The largest absolute Gasteiger partial charge is 0.355 e. The molecule has 0 aliphatic heterocycles. The molecule has 0 saturated carbocycles. The second-order valence-corrected chi connectivity index (χ2v) is 6.57. The third kappa shape index (κ3) is 4.44. The van der Waals surface area contributed by atoms with Crippen LogP contribution in [-0.2, 0) is 11.3 Å². The van der Waals surface area contributed by atoms with Crippen molar-refractivity contribution in [3.05, 3.63) is 42.7 Å². The number of hydrogen-bond acceptors (Lipinski definition) is 4. The Bertz CT molecular complexity index is 699. The molecule has 0 radical (unpaired) electrons. The van der Waals surface area contributed by atoms with E-state index in [0.717, 1.165) is 12.0 Å². The molecule has 0 bridgehead atoms. The van der Waals surface area contributed by atoms with Gasteiger partial charge in [-0.3, -0.25) is 9.36 Å². The van der Waals surface area contributed by atoms with Gasteiger partial charge in [0.05, 0.1) is 5.25 Å². The molecule has 1 aromatic carbocycles. The minimum absolute atomic E-state index is 0.0293. The lowest BCUT2D eigenvalue weighted by Gasteiger charge is -2.12. The Morgan fingerprint density at radius 3 is 2.75 bits per heavy atom. The molecule has 0 aliphatic rings. The van der Waals surface area contributed by atoms with Gasteiger partial charge >= 0.3 is 0 Å². The Balaban J connectivity index is 2.23. The molecule has 0 saturated heterocycles. The summed E-state index contributed by atoms with van der Waals surface area (Å²) in [5.74, 6) is 0.293. The molecule has 1 atom stereocenters. The lowest BCUT2D eigenvalue weighted by Crippen LogP contribution is -2.31. The Morgan fingerprint density at radius 2 is 2.12 bits per heavy atom. The van der Waals surface area contributed by atoms with E-state index in [9.17, 15) is 9.18 Å². The van der Waals surface area contributed by atoms with Crippen molar-refractivity contribution in [1.29, 1.82) is 0 Å². The highest BCUT2D eigenvalue weighted by Crippen LogP contribution is 2.27. The molecule has 24 heavy (non-hydrogen) atoms. The van der Waals surface area contributed by atoms with E-state index in [-0.39, 0.29) is 17.0 Å². The van der Waals surface area contributed by atoms with Gasteiger partial charge in [-0.15, -0.1) is 16.8 Å². The van der Waals surface area contributed by atoms with Crippen molar-refractivity contribution in [2.24, 2.45) is 0 Å². The maximum atomic E-state index is 13.1. The number of rotatable bonds is 8. The lowest BCUT2D eigenvalue weighted by atomic mass is 10.2. The molecular formula is C17H21FN4OS. The highest BCUT2D eigenvalue weighted by atomic mass is 32.2. The quantitative estimate of drug-likeness (QED) is 0.587. The number of hydrogen-bond donors (Lipinski definition) is 1. The molecule has 0 aliphatic carbocycles. The SMILES string of the molecule is C=CCn1c(S[C@@H](C)C(=O)NCCC)nnc1-c1ccc(F)cc1. The summed E-state index contributed by atoms with van der Waals surface area (Å²) in [6, 6.07) is 6.08. The Morgan fingerprint density at radius 1 is 1.42 bits per heavy atom. The van der Waals surface area contributed by atoms with Crippen molar-refractivity contribution in [2.45, 2.75) is 37.2 Å². The number of carbonyl (C=O) groups is 1. The molecule has 0 unspecified atom stereocenters. The summed E-state index contributed by atoms with van der Waals surface area (Å²) in [7, 11) is 0. The van der Waals surface area contributed by atoms with E-state index in [0.29, 0.717) is 24.1 Å². The number of nitrogens with zero attached hydrogens (tertiary/aromatic N) is 3. The zero-order valence-electron chi connectivity index (χ0n) is 13.8. The first kappa shape index (κ1) is 18.2. The van der Waals surface area contributed by atoms with Crippen molar-refractivity contribution in [3.63, 3.8) is 0 Å². The molecule has 0 fully saturated rings. The first-order chi connectivity index (χ1) is 11.6. The predicted octanol–water partition coefficient (Wildman–Crippen LogP) is 3.28. The van der Waals surface area contributed by atoms with E-state index < -0.39 is 0 Å². The summed E-state index contributed by atoms with van der Waals surface area (Å²) in [6.07, 6.45) is 2.63.